The summed E-state index contributed by atoms with van der Waals surface area (Å²) in [6.07, 6.45) is 1.53. The zero-order valence-electron chi connectivity index (χ0n) is 18.6. The molecule has 5 nitrogen and oxygen atoms in total. The lowest BCUT2D eigenvalue weighted by Gasteiger charge is -2.29. The van der Waals surface area contributed by atoms with Gasteiger partial charge < -0.3 is 9.52 Å². The lowest BCUT2D eigenvalue weighted by molar-refractivity contribution is 0.0792. The Labute approximate surface area is 200 Å². The smallest absolute Gasteiger partial charge is 0.248 e. The monoisotopic (exact) mass is 461 g/mol. The van der Waals surface area contributed by atoms with Crippen LogP contribution in [0.4, 0.5) is 0 Å². The van der Waals surface area contributed by atoms with Crippen molar-refractivity contribution in [2.24, 2.45) is 0 Å². The minimum absolute atomic E-state index is 0. The van der Waals surface area contributed by atoms with Crippen LogP contribution in [0.3, 0.4) is 0 Å². The van der Waals surface area contributed by atoms with Crippen LogP contribution in [-0.2, 0) is 6.54 Å². The Morgan fingerprint density at radius 1 is 0.848 bits per heavy atom. The molecular formula is C27H28ClN3O2. The Bertz CT molecular complexity index is 1200. The van der Waals surface area contributed by atoms with Crippen LogP contribution in [0.15, 0.2) is 77.2 Å². The number of rotatable bonds is 5. The van der Waals surface area contributed by atoms with Gasteiger partial charge in [-0.25, -0.2) is 0 Å². The van der Waals surface area contributed by atoms with E-state index in [1.807, 2.05) is 42.5 Å². The minimum atomic E-state index is -0.154. The summed E-state index contributed by atoms with van der Waals surface area (Å²) in [4.78, 5) is 2.38. The van der Waals surface area contributed by atoms with E-state index < -0.39 is 0 Å². The summed E-state index contributed by atoms with van der Waals surface area (Å²) in [7, 11) is 0. The second-order valence-corrected chi connectivity index (χ2v) is 8.46. The Kier molecular flexibility index (Phi) is 7.23. The first-order valence-corrected chi connectivity index (χ1v) is 11.2. The minimum Gasteiger partial charge on any atom is -0.416 e. The zero-order chi connectivity index (χ0) is 21.9. The van der Waals surface area contributed by atoms with E-state index in [0.29, 0.717) is 11.8 Å². The largest absolute Gasteiger partial charge is 0.416 e. The van der Waals surface area contributed by atoms with Crippen LogP contribution in [0.25, 0.3) is 34.0 Å². The van der Waals surface area contributed by atoms with Crippen LogP contribution >= 0.6 is 12.4 Å². The molecule has 0 bridgehead atoms. The fraction of sp³-hybridized carbons (Fsp3) is 0.259. The standard InChI is InChI=1S/C27H27N3O2.ClH/c1-19-24(21-8-3-2-4-9-21)11-6-12-25(19)27-29-28-26(32-27)22-10-5-7-20(17-22)18-30-15-13-23(31)14-16-30;/h2-12,17,23,31H,13-16,18H2,1H3;1H. The molecule has 6 heteroatoms. The van der Waals surface area contributed by atoms with E-state index in [1.54, 1.807) is 0 Å². The van der Waals surface area contributed by atoms with E-state index in [4.69, 9.17) is 4.42 Å². The fourth-order valence-electron chi connectivity index (χ4n) is 4.38. The Morgan fingerprint density at radius 3 is 2.30 bits per heavy atom. The molecule has 1 aromatic heterocycles. The van der Waals surface area contributed by atoms with Gasteiger partial charge in [-0.1, -0.05) is 54.6 Å². The third-order valence-corrected chi connectivity index (χ3v) is 6.21. The van der Waals surface area contributed by atoms with Gasteiger partial charge in [0.1, 0.15) is 0 Å². The summed E-state index contributed by atoms with van der Waals surface area (Å²) in [5.41, 5.74) is 6.54. The van der Waals surface area contributed by atoms with E-state index in [-0.39, 0.29) is 18.5 Å². The van der Waals surface area contributed by atoms with Crippen LogP contribution in [0.5, 0.6) is 0 Å². The average molecular weight is 462 g/mol. The predicted octanol–water partition coefficient (Wildman–Crippen LogP) is 5.76. The molecule has 1 aliphatic heterocycles. The van der Waals surface area contributed by atoms with Crippen LogP contribution in [0.1, 0.15) is 24.0 Å². The molecule has 3 aromatic carbocycles. The highest BCUT2D eigenvalue weighted by molar-refractivity contribution is 5.85. The summed E-state index contributed by atoms with van der Waals surface area (Å²) in [5, 5.41) is 18.4. The number of hydrogen-bond acceptors (Lipinski definition) is 5. The molecule has 5 rings (SSSR count). The lowest BCUT2D eigenvalue weighted by atomic mass is 9.96. The highest BCUT2D eigenvalue weighted by Gasteiger charge is 2.18. The van der Waals surface area contributed by atoms with Crippen LogP contribution in [0.2, 0.25) is 0 Å². The molecule has 1 aliphatic rings. The zero-order valence-corrected chi connectivity index (χ0v) is 19.5. The lowest BCUT2D eigenvalue weighted by Crippen LogP contribution is -2.35. The summed E-state index contributed by atoms with van der Waals surface area (Å²) >= 11 is 0. The van der Waals surface area contributed by atoms with Crippen LogP contribution in [0, 0.1) is 6.92 Å². The van der Waals surface area contributed by atoms with Crippen molar-refractivity contribution in [3.05, 3.63) is 83.9 Å². The van der Waals surface area contributed by atoms with Gasteiger partial charge in [-0.05, 0) is 60.2 Å². The molecule has 1 saturated heterocycles. The Balaban J connectivity index is 0.00000259. The average Bonchev–Trinajstić information content (AvgIpc) is 3.32. The number of benzene rings is 3. The molecule has 33 heavy (non-hydrogen) atoms. The second kappa shape index (κ2) is 10.3. The third kappa shape index (κ3) is 5.17. The maximum absolute atomic E-state index is 9.73. The van der Waals surface area contributed by atoms with Gasteiger partial charge in [0, 0.05) is 30.8 Å². The van der Waals surface area contributed by atoms with Crippen molar-refractivity contribution in [2.75, 3.05) is 13.1 Å². The molecule has 170 valence electrons. The molecule has 0 spiro atoms. The first-order valence-electron chi connectivity index (χ1n) is 11.2. The molecular weight excluding hydrogens is 434 g/mol. The van der Waals surface area contributed by atoms with Crippen molar-refractivity contribution in [1.82, 2.24) is 15.1 Å². The molecule has 0 saturated carbocycles. The number of hydrogen-bond donors (Lipinski definition) is 1. The number of aromatic nitrogens is 2. The molecule has 2 heterocycles. The Morgan fingerprint density at radius 2 is 1.52 bits per heavy atom. The first kappa shape index (κ1) is 23.2. The molecule has 0 amide bonds. The second-order valence-electron chi connectivity index (χ2n) is 8.46. The third-order valence-electron chi connectivity index (χ3n) is 6.21. The molecule has 4 aromatic rings. The number of likely N-dealkylation sites (tertiary alicyclic amines) is 1. The molecule has 0 aliphatic carbocycles. The quantitative estimate of drug-likeness (QED) is 0.409. The summed E-state index contributed by atoms with van der Waals surface area (Å²) in [5.74, 6) is 1.06. The molecule has 1 N–H and O–H groups in total. The van der Waals surface area contributed by atoms with Gasteiger partial charge in [0.25, 0.3) is 0 Å². The normalized spacial score (nSPS) is 14.7. The van der Waals surface area contributed by atoms with E-state index in [9.17, 15) is 5.11 Å². The molecule has 0 unspecified atom stereocenters. The van der Waals surface area contributed by atoms with Crippen molar-refractivity contribution < 1.29 is 9.52 Å². The van der Waals surface area contributed by atoms with Gasteiger partial charge >= 0.3 is 0 Å². The number of piperidine rings is 1. The van der Waals surface area contributed by atoms with Gasteiger partial charge in [-0.2, -0.15) is 0 Å². The number of halogens is 1. The summed E-state index contributed by atoms with van der Waals surface area (Å²) in [6, 6.07) is 24.8. The fourth-order valence-corrected chi connectivity index (χ4v) is 4.38. The maximum atomic E-state index is 9.73. The van der Waals surface area contributed by atoms with Gasteiger partial charge in [0.05, 0.1) is 6.10 Å². The van der Waals surface area contributed by atoms with Crippen molar-refractivity contribution in [3.8, 4) is 34.0 Å². The summed E-state index contributed by atoms with van der Waals surface area (Å²) in [6.45, 7) is 4.80. The summed E-state index contributed by atoms with van der Waals surface area (Å²) < 4.78 is 6.12. The van der Waals surface area contributed by atoms with Gasteiger partial charge in [0.2, 0.25) is 11.8 Å². The van der Waals surface area contributed by atoms with Gasteiger partial charge in [-0.3, -0.25) is 4.90 Å². The van der Waals surface area contributed by atoms with Gasteiger partial charge in [-0.15, -0.1) is 22.6 Å². The van der Waals surface area contributed by atoms with E-state index >= 15 is 0 Å². The molecule has 0 atom stereocenters. The van der Waals surface area contributed by atoms with E-state index in [1.165, 1.54) is 11.1 Å². The number of aliphatic hydroxyl groups is 1. The topological polar surface area (TPSA) is 62.4 Å². The SMILES string of the molecule is Cc1c(-c2ccccc2)cccc1-c1nnc(-c2cccc(CN3CCC(O)CC3)c2)o1.Cl. The number of aliphatic hydroxyl groups excluding tert-OH is 1. The Hall–Kier alpha value is -2.99. The highest BCUT2D eigenvalue weighted by atomic mass is 35.5. The molecule has 1 fully saturated rings. The van der Waals surface area contributed by atoms with Crippen LogP contribution in [-0.4, -0.2) is 39.4 Å². The van der Waals surface area contributed by atoms with Crippen molar-refractivity contribution in [3.63, 3.8) is 0 Å². The highest BCUT2D eigenvalue weighted by Crippen LogP contribution is 2.32. The first-order chi connectivity index (χ1) is 15.7. The van der Waals surface area contributed by atoms with Gasteiger partial charge in [0.15, 0.2) is 0 Å². The maximum Gasteiger partial charge on any atom is 0.248 e. The van der Waals surface area contributed by atoms with Crippen molar-refractivity contribution in [2.45, 2.75) is 32.4 Å². The van der Waals surface area contributed by atoms with E-state index in [2.05, 4.69) is 52.4 Å². The predicted molar refractivity (Wildman–Crippen MR) is 133 cm³/mol. The van der Waals surface area contributed by atoms with Crippen molar-refractivity contribution >= 4 is 12.4 Å². The van der Waals surface area contributed by atoms with Crippen LogP contribution < -0.4 is 0 Å². The number of nitrogens with zero attached hydrogens (tertiary/aromatic N) is 3. The van der Waals surface area contributed by atoms with E-state index in [0.717, 1.165) is 54.7 Å². The van der Waals surface area contributed by atoms with Crippen molar-refractivity contribution in [1.29, 1.82) is 0 Å². The molecule has 0 radical (unpaired) electrons.